The summed E-state index contributed by atoms with van der Waals surface area (Å²) in [5.74, 6) is 1.17. The van der Waals surface area contributed by atoms with Gasteiger partial charge in [0, 0.05) is 13.1 Å². The third kappa shape index (κ3) is 3.77. The van der Waals surface area contributed by atoms with Crippen molar-refractivity contribution < 1.29 is 13.2 Å². The van der Waals surface area contributed by atoms with Crippen molar-refractivity contribution in [2.45, 2.75) is 24.2 Å². The molecule has 1 saturated heterocycles. The number of sulfonamides is 1. The lowest BCUT2D eigenvalue weighted by molar-refractivity contribution is 0.266. The molecule has 21 heavy (non-hydrogen) atoms. The Labute approximate surface area is 134 Å². The molecule has 5 nitrogen and oxygen atoms in total. The summed E-state index contributed by atoms with van der Waals surface area (Å²) in [4.78, 5) is 0.299. The minimum atomic E-state index is -3.43. The normalized spacial score (nSPS) is 17.9. The number of methoxy groups -OCH3 is 1. The van der Waals surface area contributed by atoms with Crippen LogP contribution in [0.3, 0.4) is 0 Å². The first-order chi connectivity index (χ1) is 9.98. The number of ether oxygens (including phenoxy) is 1. The van der Waals surface area contributed by atoms with E-state index in [0.29, 0.717) is 40.7 Å². The second-order valence-electron chi connectivity index (χ2n) is 5.22. The summed E-state index contributed by atoms with van der Waals surface area (Å²) in [5, 5.41) is 0. The van der Waals surface area contributed by atoms with Crippen molar-refractivity contribution in [2.75, 3.05) is 26.7 Å². The number of piperidine rings is 1. The topological polar surface area (TPSA) is 72.6 Å². The Morgan fingerprint density at radius 1 is 1.38 bits per heavy atom. The van der Waals surface area contributed by atoms with Crippen molar-refractivity contribution in [1.82, 2.24) is 4.31 Å². The van der Waals surface area contributed by atoms with E-state index >= 15 is 0 Å². The molecule has 1 heterocycles. The van der Waals surface area contributed by atoms with Gasteiger partial charge in [0.2, 0.25) is 10.0 Å². The highest BCUT2D eigenvalue weighted by atomic mass is 79.9. The third-order valence-corrected chi connectivity index (χ3v) is 6.42. The standard InChI is InChI=1S/C14H21BrN2O3S/c1-20-14-3-2-12(10-13(14)15)21(18,19)17-8-5-11(4-7-16)6-9-17/h2-3,10-11H,4-9,16H2,1H3. The summed E-state index contributed by atoms with van der Waals surface area (Å²) >= 11 is 3.33. The predicted octanol–water partition coefficient (Wildman–Crippen LogP) is 2.21. The smallest absolute Gasteiger partial charge is 0.243 e. The van der Waals surface area contributed by atoms with Crippen molar-refractivity contribution in [3.8, 4) is 5.75 Å². The van der Waals surface area contributed by atoms with Crippen LogP contribution in [-0.2, 0) is 10.0 Å². The largest absolute Gasteiger partial charge is 0.496 e. The van der Waals surface area contributed by atoms with Gasteiger partial charge in [0.1, 0.15) is 5.75 Å². The van der Waals surface area contributed by atoms with Gasteiger partial charge in [0.25, 0.3) is 0 Å². The maximum atomic E-state index is 12.6. The minimum Gasteiger partial charge on any atom is -0.496 e. The number of hydrogen-bond donors (Lipinski definition) is 1. The molecule has 0 radical (unpaired) electrons. The first-order valence-corrected chi connectivity index (χ1v) is 9.26. The van der Waals surface area contributed by atoms with Gasteiger partial charge in [-0.2, -0.15) is 4.31 Å². The fourth-order valence-electron chi connectivity index (χ4n) is 2.63. The van der Waals surface area contributed by atoms with E-state index in [-0.39, 0.29) is 0 Å². The molecule has 0 unspecified atom stereocenters. The van der Waals surface area contributed by atoms with Crippen LogP contribution in [0.2, 0.25) is 0 Å². The van der Waals surface area contributed by atoms with Gasteiger partial charge in [0.15, 0.2) is 0 Å². The molecule has 0 saturated carbocycles. The van der Waals surface area contributed by atoms with Crippen molar-refractivity contribution in [3.63, 3.8) is 0 Å². The maximum absolute atomic E-state index is 12.6. The van der Waals surface area contributed by atoms with E-state index in [2.05, 4.69) is 15.9 Å². The van der Waals surface area contributed by atoms with Crippen LogP contribution in [-0.4, -0.2) is 39.5 Å². The molecule has 0 bridgehead atoms. The number of benzene rings is 1. The Hall–Kier alpha value is -0.630. The Balaban J connectivity index is 2.14. The summed E-state index contributed by atoms with van der Waals surface area (Å²) in [7, 11) is -1.88. The molecule has 0 spiro atoms. The number of halogens is 1. The second kappa shape index (κ2) is 7.09. The zero-order valence-corrected chi connectivity index (χ0v) is 14.5. The van der Waals surface area contributed by atoms with Crippen LogP contribution in [0.15, 0.2) is 27.6 Å². The van der Waals surface area contributed by atoms with Crippen LogP contribution < -0.4 is 10.5 Å². The molecule has 1 aliphatic heterocycles. The van der Waals surface area contributed by atoms with E-state index in [9.17, 15) is 8.42 Å². The highest BCUT2D eigenvalue weighted by molar-refractivity contribution is 9.10. The molecule has 0 atom stereocenters. The van der Waals surface area contributed by atoms with Crippen LogP contribution in [0.5, 0.6) is 5.75 Å². The van der Waals surface area contributed by atoms with Crippen LogP contribution in [0, 0.1) is 5.92 Å². The average molecular weight is 377 g/mol. The van der Waals surface area contributed by atoms with E-state index in [1.807, 2.05) is 0 Å². The highest BCUT2D eigenvalue weighted by Gasteiger charge is 2.29. The van der Waals surface area contributed by atoms with Gasteiger partial charge in [-0.3, -0.25) is 0 Å². The molecule has 0 amide bonds. The van der Waals surface area contributed by atoms with Crippen molar-refractivity contribution in [1.29, 1.82) is 0 Å². The molecule has 2 N–H and O–H groups in total. The monoisotopic (exact) mass is 376 g/mol. The molecular weight excluding hydrogens is 356 g/mol. The molecule has 1 aliphatic rings. The van der Waals surface area contributed by atoms with Gasteiger partial charge in [0.05, 0.1) is 16.5 Å². The fourth-order valence-corrected chi connectivity index (χ4v) is 4.82. The lowest BCUT2D eigenvalue weighted by atomic mass is 9.95. The van der Waals surface area contributed by atoms with E-state index in [4.69, 9.17) is 10.5 Å². The molecule has 1 fully saturated rings. The van der Waals surface area contributed by atoms with Crippen LogP contribution in [0.25, 0.3) is 0 Å². The van der Waals surface area contributed by atoms with Gasteiger partial charge >= 0.3 is 0 Å². The van der Waals surface area contributed by atoms with Crippen molar-refractivity contribution >= 4 is 26.0 Å². The fraction of sp³-hybridized carbons (Fsp3) is 0.571. The van der Waals surface area contributed by atoms with Crippen molar-refractivity contribution in [2.24, 2.45) is 11.7 Å². The second-order valence-corrected chi connectivity index (χ2v) is 8.01. The molecule has 2 rings (SSSR count). The zero-order chi connectivity index (χ0) is 15.5. The summed E-state index contributed by atoms with van der Waals surface area (Å²) in [6, 6.07) is 4.85. The van der Waals surface area contributed by atoms with Gasteiger partial charge in [-0.25, -0.2) is 8.42 Å². The highest BCUT2D eigenvalue weighted by Crippen LogP contribution is 2.30. The van der Waals surface area contributed by atoms with Crippen LogP contribution >= 0.6 is 15.9 Å². The molecule has 118 valence electrons. The van der Waals surface area contributed by atoms with Gasteiger partial charge in [-0.05, 0) is 65.9 Å². The van der Waals surface area contributed by atoms with E-state index in [1.54, 1.807) is 29.6 Å². The zero-order valence-electron chi connectivity index (χ0n) is 12.1. The third-order valence-electron chi connectivity index (χ3n) is 3.91. The van der Waals surface area contributed by atoms with Crippen LogP contribution in [0.1, 0.15) is 19.3 Å². The van der Waals surface area contributed by atoms with Gasteiger partial charge in [-0.15, -0.1) is 0 Å². The summed E-state index contributed by atoms with van der Waals surface area (Å²) in [6.07, 6.45) is 2.74. The molecule has 7 heteroatoms. The summed E-state index contributed by atoms with van der Waals surface area (Å²) in [6.45, 7) is 1.80. The lowest BCUT2D eigenvalue weighted by Crippen LogP contribution is -2.38. The minimum absolute atomic E-state index is 0.299. The van der Waals surface area contributed by atoms with E-state index in [0.717, 1.165) is 19.3 Å². The Morgan fingerprint density at radius 2 is 2.05 bits per heavy atom. The van der Waals surface area contributed by atoms with E-state index in [1.165, 1.54) is 0 Å². The molecule has 0 aromatic heterocycles. The first-order valence-electron chi connectivity index (χ1n) is 7.02. The number of nitrogens with zero attached hydrogens (tertiary/aromatic N) is 1. The van der Waals surface area contributed by atoms with Gasteiger partial charge in [-0.1, -0.05) is 0 Å². The maximum Gasteiger partial charge on any atom is 0.243 e. The predicted molar refractivity (Wildman–Crippen MR) is 85.8 cm³/mol. The Kier molecular flexibility index (Phi) is 5.65. The number of hydrogen-bond acceptors (Lipinski definition) is 4. The molecule has 0 aliphatic carbocycles. The van der Waals surface area contributed by atoms with E-state index < -0.39 is 10.0 Å². The molecule has 1 aromatic rings. The van der Waals surface area contributed by atoms with Crippen molar-refractivity contribution in [3.05, 3.63) is 22.7 Å². The Morgan fingerprint density at radius 3 is 2.57 bits per heavy atom. The van der Waals surface area contributed by atoms with Gasteiger partial charge < -0.3 is 10.5 Å². The summed E-state index contributed by atoms with van der Waals surface area (Å²) in [5.41, 5.74) is 5.57. The quantitative estimate of drug-likeness (QED) is 0.854. The molecular formula is C14H21BrN2O3S. The number of rotatable bonds is 5. The number of nitrogens with two attached hydrogens (primary N) is 1. The SMILES string of the molecule is COc1ccc(S(=O)(=O)N2CCC(CCN)CC2)cc1Br. The Bertz CT molecular complexity index is 584. The average Bonchev–Trinajstić information content (AvgIpc) is 2.48. The van der Waals surface area contributed by atoms with Crippen LogP contribution in [0.4, 0.5) is 0 Å². The summed E-state index contributed by atoms with van der Waals surface area (Å²) < 4.78 is 32.6. The lowest BCUT2D eigenvalue weighted by Gasteiger charge is -2.31. The molecule has 1 aromatic carbocycles. The first kappa shape index (κ1) is 16.7.